The Morgan fingerprint density at radius 3 is 2.57 bits per heavy atom. The second-order valence-corrected chi connectivity index (χ2v) is 6.00. The third-order valence-corrected chi connectivity index (χ3v) is 3.64. The second-order valence-electron chi connectivity index (χ2n) is 6.00. The highest BCUT2D eigenvalue weighted by atomic mass is 16.5. The van der Waals surface area contributed by atoms with Gasteiger partial charge in [-0.05, 0) is 43.4 Å². The molecule has 0 bridgehead atoms. The molecule has 3 N–H and O–H groups in total. The van der Waals surface area contributed by atoms with E-state index in [-0.39, 0.29) is 19.3 Å². The first-order chi connectivity index (χ1) is 9.93. The van der Waals surface area contributed by atoms with Gasteiger partial charge in [0.1, 0.15) is 18.5 Å². The molecule has 1 rings (SSSR count). The first-order valence-corrected chi connectivity index (χ1v) is 7.66. The molecule has 0 amide bonds. The minimum Gasteiger partial charge on any atom is -0.491 e. The summed E-state index contributed by atoms with van der Waals surface area (Å²) in [6, 6.07) is 6.26. The van der Waals surface area contributed by atoms with Crippen molar-refractivity contribution in [3.8, 4) is 5.75 Å². The van der Waals surface area contributed by atoms with Crippen molar-refractivity contribution in [1.29, 1.82) is 0 Å². The maximum absolute atomic E-state index is 10.0. The smallest absolute Gasteiger partial charge is 0.122 e. The monoisotopic (exact) mass is 295 g/mol. The van der Waals surface area contributed by atoms with Crippen LogP contribution in [0.4, 0.5) is 0 Å². The summed E-state index contributed by atoms with van der Waals surface area (Å²) in [5.74, 6) is 1.24. The number of ether oxygens (including phenoxy) is 1. The fraction of sp³-hybridized carbons (Fsp3) is 0.647. The van der Waals surface area contributed by atoms with Crippen molar-refractivity contribution in [3.63, 3.8) is 0 Å². The van der Waals surface area contributed by atoms with Crippen LogP contribution in [-0.2, 0) is 0 Å². The fourth-order valence-electron chi connectivity index (χ4n) is 2.21. The zero-order valence-corrected chi connectivity index (χ0v) is 13.6. The number of rotatable bonds is 9. The molecule has 2 atom stereocenters. The number of benzene rings is 1. The third kappa shape index (κ3) is 6.46. The molecule has 0 spiro atoms. The molecule has 0 aliphatic carbocycles. The van der Waals surface area contributed by atoms with E-state index in [1.54, 1.807) is 0 Å². The SMILES string of the molecule is Cc1ccc(C)c(OCC(O)CNC(CCO)C(C)C)c1. The summed E-state index contributed by atoms with van der Waals surface area (Å²) in [5, 5.41) is 22.3. The summed E-state index contributed by atoms with van der Waals surface area (Å²) >= 11 is 0. The maximum Gasteiger partial charge on any atom is 0.122 e. The summed E-state index contributed by atoms with van der Waals surface area (Å²) in [7, 11) is 0. The van der Waals surface area contributed by atoms with E-state index in [2.05, 4.69) is 19.2 Å². The third-order valence-electron chi connectivity index (χ3n) is 3.64. The second kappa shape index (κ2) is 9.03. The lowest BCUT2D eigenvalue weighted by atomic mass is 10.0. The molecule has 0 saturated carbocycles. The molecule has 4 nitrogen and oxygen atoms in total. The van der Waals surface area contributed by atoms with E-state index < -0.39 is 6.10 Å². The Morgan fingerprint density at radius 2 is 1.95 bits per heavy atom. The van der Waals surface area contributed by atoms with Crippen LogP contribution in [0.1, 0.15) is 31.4 Å². The average Bonchev–Trinajstić information content (AvgIpc) is 2.44. The van der Waals surface area contributed by atoms with Crippen molar-refractivity contribution < 1.29 is 14.9 Å². The summed E-state index contributed by atoms with van der Waals surface area (Å²) in [6.45, 7) is 9.11. The summed E-state index contributed by atoms with van der Waals surface area (Å²) < 4.78 is 5.69. The Labute approximate surface area is 128 Å². The van der Waals surface area contributed by atoms with Gasteiger partial charge in [0.25, 0.3) is 0 Å². The topological polar surface area (TPSA) is 61.7 Å². The fourth-order valence-corrected chi connectivity index (χ4v) is 2.21. The van der Waals surface area contributed by atoms with Gasteiger partial charge < -0.3 is 20.3 Å². The molecule has 120 valence electrons. The van der Waals surface area contributed by atoms with Crippen molar-refractivity contribution in [3.05, 3.63) is 29.3 Å². The molecule has 21 heavy (non-hydrogen) atoms. The van der Waals surface area contributed by atoms with E-state index in [0.717, 1.165) is 16.9 Å². The van der Waals surface area contributed by atoms with E-state index in [1.165, 1.54) is 0 Å². The molecular formula is C17H29NO3. The quantitative estimate of drug-likeness (QED) is 0.652. The van der Waals surface area contributed by atoms with Crippen molar-refractivity contribution in [1.82, 2.24) is 5.32 Å². The van der Waals surface area contributed by atoms with Crippen LogP contribution in [0.5, 0.6) is 5.75 Å². The molecule has 0 aliphatic rings. The van der Waals surface area contributed by atoms with E-state index >= 15 is 0 Å². The van der Waals surface area contributed by atoms with Crippen molar-refractivity contribution in [2.24, 2.45) is 5.92 Å². The first-order valence-electron chi connectivity index (χ1n) is 7.66. The lowest BCUT2D eigenvalue weighted by Gasteiger charge is -2.23. The minimum absolute atomic E-state index is 0.158. The Kier molecular flexibility index (Phi) is 7.72. The van der Waals surface area contributed by atoms with Crippen molar-refractivity contribution in [2.45, 2.75) is 46.3 Å². The molecule has 0 heterocycles. The first kappa shape index (κ1) is 18.0. The molecule has 2 unspecified atom stereocenters. The molecule has 0 fully saturated rings. The van der Waals surface area contributed by atoms with Gasteiger partial charge in [0.2, 0.25) is 0 Å². The molecule has 0 aliphatic heterocycles. The van der Waals surface area contributed by atoms with Crippen LogP contribution < -0.4 is 10.1 Å². The molecule has 0 aromatic heterocycles. The highest BCUT2D eigenvalue weighted by molar-refractivity contribution is 5.35. The molecule has 1 aromatic rings. The van der Waals surface area contributed by atoms with Gasteiger partial charge in [-0.1, -0.05) is 26.0 Å². The molecule has 1 aromatic carbocycles. The van der Waals surface area contributed by atoms with Crippen molar-refractivity contribution in [2.75, 3.05) is 19.8 Å². The largest absolute Gasteiger partial charge is 0.491 e. The minimum atomic E-state index is -0.565. The molecule has 0 saturated heterocycles. The normalized spacial score (nSPS) is 14.2. The Balaban J connectivity index is 2.39. The highest BCUT2D eigenvalue weighted by Gasteiger charge is 2.14. The number of hydrogen-bond acceptors (Lipinski definition) is 4. The van der Waals surface area contributed by atoms with Crippen LogP contribution in [0, 0.1) is 19.8 Å². The number of aryl methyl sites for hydroxylation is 2. The Morgan fingerprint density at radius 1 is 1.24 bits per heavy atom. The zero-order chi connectivity index (χ0) is 15.8. The number of hydrogen-bond donors (Lipinski definition) is 3. The Hall–Kier alpha value is -1.10. The lowest BCUT2D eigenvalue weighted by molar-refractivity contribution is 0.0991. The summed E-state index contributed by atoms with van der Waals surface area (Å²) in [4.78, 5) is 0. The van der Waals surface area contributed by atoms with Crippen LogP contribution in [-0.4, -0.2) is 42.1 Å². The van der Waals surface area contributed by atoms with Crippen LogP contribution in [0.3, 0.4) is 0 Å². The number of nitrogens with one attached hydrogen (secondary N) is 1. The number of aliphatic hydroxyl groups excluding tert-OH is 2. The van der Waals surface area contributed by atoms with Gasteiger partial charge in [0.05, 0.1) is 0 Å². The number of aliphatic hydroxyl groups is 2. The van der Waals surface area contributed by atoms with Crippen LogP contribution >= 0.6 is 0 Å². The lowest BCUT2D eigenvalue weighted by Crippen LogP contribution is -2.41. The van der Waals surface area contributed by atoms with Gasteiger partial charge in [-0.25, -0.2) is 0 Å². The van der Waals surface area contributed by atoms with E-state index in [0.29, 0.717) is 18.9 Å². The van der Waals surface area contributed by atoms with E-state index in [9.17, 15) is 5.11 Å². The highest BCUT2D eigenvalue weighted by Crippen LogP contribution is 2.19. The van der Waals surface area contributed by atoms with Crippen LogP contribution in [0.25, 0.3) is 0 Å². The van der Waals surface area contributed by atoms with Gasteiger partial charge in [-0.3, -0.25) is 0 Å². The summed E-state index contributed by atoms with van der Waals surface area (Å²) in [6.07, 6.45) is 0.132. The average molecular weight is 295 g/mol. The van der Waals surface area contributed by atoms with Crippen LogP contribution in [0.2, 0.25) is 0 Å². The van der Waals surface area contributed by atoms with Gasteiger partial charge in [0.15, 0.2) is 0 Å². The molecule has 4 heteroatoms. The standard InChI is InChI=1S/C17H29NO3/c1-12(2)16(7-8-19)18-10-15(20)11-21-17-9-13(3)5-6-14(17)4/h5-6,9,12,15-16,18-20H,7-8,10-11H2,1-4H3. The maximum atomic E-state index is 10.0. The van der Waals surface area contributed by atoms with Gasteiger partial charge >= 0.3 is 0 Å². The van der Waals surface area contributed by atoms with Crippen LogP contribution in [0.15, 0.2) is 18.2 Å². The van der Waals surface area contributed by atoms with Gasteiger partial charge in [-0.15, -0.1) is 0 Å². The summed E-state index contributed by atoms with van der Waals surface area (Å²) in [5.41, 5.74) is 2.21. The van der Waals surface area contributed by atoms with E-state index in [4.69, 9.17) is 9.84 Å². The van der Waals surface area contributed by atoms with Crippen molar-refractivity contribution >= 4 is 0 Å². The predicted octanol–water partition coefficient (Wildman–Crippen LogP) is 2.04. The van der Waals surface area contributed by atoms with Gasteiger partial charge in [0, 0.05) is 19.2 Å². The Bertz CT molecular complexity index is 420. The molecular weight excluding hydrogens is 266 g/mol. The zero-order valence-electron chi connectivity index (χ0n) is 13.6. The van der Waals surface area contributed by atoms with Gasteiger partial charge in [-0.2, -0.15) is 0 Å². The molecule has 0 radical (unpaired) electrons. The van der Waals surface area contributed by atoms with E-state index in [1.807, 2.05) is 32.0 Å². The predicted molar refractivity (Wildman–Crippen MR) is 85.7 cm³/mol.